The predicted octanol–water partition coefficient (Wildman–Crippen LogP) is 3.97. The molecule has 2 aromatic rings. The molecule has 0 spiro atoms. The summed E-state index contributed by atoms with van der Waals surface area (Å²) < 4.78 is 27.0. The normalized spacial score (nSPS) is 12.5. The van der Waals surface area contributed by atoms with Crippen LogP contribution in [-0.4, -0.2) is 20.1 Å². The van der Waals surface area contributed by atoms with Crippen LogP contribution in [0.4, 0.5) is 11.4 Å². The molecule has 0 bridgehead atoms. The number of aryl methyl sites for hydroxylation is 2. The van der Waals surface area contributed by atoms with Gasteiger partial charge in [0.2, 0.25) is 15.9 Å². The molecule has 2 aromatic carbocycles. The van der Waals surface area contributed by atoms with Crippen molar-refractivity contribution in [2.45, 2.75) is 20.8 Å². The van der Waals surface area contributed by atoms with E-state index in [4.69, 9.17) is 11.6 Å². The van der Waals surface area contributed by atoms with E-state index < -0.39 is 15.9 Å². The number of anilines is 2. The van der Waals surface area contributed by atoms with Crippen LogP contribution in [0.15, 0.2) is 42.5 Å². The minimum Gasteiger partial charge on any atom is -0.326 e. The molecule has 1 atom stereocenters. The number of halogens is 1. The number of nitrogens with one attached hydrogen (secondary N) is 2. The van der Waals surface area contributed by atoms with E-state index in [0.29, 0.717) is 16.4 Å². The van der Waals surface area contributed by atoms with Gasteiger partial charge in [0.1, 0.15) is 0 Å². The monoisotopic (exact) mass is 380 g/mol. The van der Waals surface area contributed by atoms with Gasteiger partial charge in [0.05, 0.1) is 11.7 Å². The van der Waals surface area contributed by atoms with Crippen molar-refractivity contribution in [2.24, 2.45) is 5.92 Å². The Morgan fingerprint density at radius 3 is 2.28 bits per heavy atom. The number of carbonyl (C=O) groups is 1. The number of rotatable bonds is 6. The van der Waals surface area contributed by atoms with E-state index in [2.05, 4.69) is 10.0 Å². The minimum absolute atomic E-state index is 0.313. The van der Waals surface area contributed by atoms with Gasteiger partial charge in [0.15, 0.2) is 0 Å². The molecular weight excluding hydrogens is 360 g/mol. The fourth-order valence-electron chi connectivity index (χ4n) is 2.18. The second kappa shape index (κ2) is 7.89. The van der Waals surface area contributed by atoms with Crippen LogP contribution >= 0.6 is 11.6 Å². The molecule has 0 saturated heterocycles. The third-order valence-corrected chi connectivity index (χ3v) is 5.57. The van der Waals surface area contributed by atoms with Gasteiger partial charge in [-0.1, -0.05) is 42.3 Å². The smallest absolute Gasteiger partial charge is 0.233 e. The van der Waals surface area contributed by atoms with Crippen molar-refractivity contribution in [3.05, 3.63) is 58.6 Å². The molecule has 1 unspecified atom stereocenters. The molecule has 0 aromatic heterocycles. The number of carbonyl (C=O) groups excluding carboxylic acids is 1. The zero-order chi connectivity index (χ0) is 18.6. The van der Waals surface area contributed by atoms with E-state index in [1.165, 1.54) is 0 Å². The van der Waals surface area contributed by atoms with Gasteiger partial charge in [0, 0.05) is 16.4 Å². The Balaban J connectivity index is 1.99. The van der Waals surface area contributed by atoms with Gasteiger partial charge in [-0.05, 0) is 43.7 Å². The number of benzene rings is 2. The van der Waals surface area contributed by atoms with E-state index in [1.54, 1.807) is 37.3 Å². The molecule has 0 heterocycles. The Morgan fingerprint density at radius 1 is 1.08 bits per heavy atom. The summed E-state index contributed by atoms with van der Waals surface area (Å²) in [5.74, 6) is -1.41. The number of amides is 1. The molecule has 2 N–H and O–H groups in total. The summed E-state index contributed by atoms with van der Waals surface area (Å²) in [6, 6.07) is 12.2. The van der Waals surface area contributed by atoms with Crippen LogP contribution < -0.4 is 10.0 Å². The fraction of sp³-hybridized carbons (Fsp3) is 0.278. The van der Waals surface area contributed by atoms with Gasteiger partial charge in [-0.3, -0.25) is 9.52 Å². The van der Waals surface area contributed by atoms with Gasteiger partial charge >= 0.3 is 0 Å². The molecule has 0 fully saturated rings. The molecule has 0 aliphatic heterocycles. The van der Waals surface area contributed by atoms with Crippen molar-refractivity contribution in [1.82, 2.24) is 0 Å². The Bertz CT molecular complexity index is 864. The summed E-state index contributed by atoms with van der Waals surface area (Å²) in [5, 5.41) is 3.23. The maximum atomic E-state index is 12.2. The lowest BCUT2D eigenvalue weighted by Crippen LogP contribution is -2.29. The first-order valence-electron chi connectivity index (χ1n) is 7.80. The Morgan fingerprint density at radius 2 is 1.68 bits per heavy atom. The number of hydrogen-bond acceptors (Lipinski definition) is 3. The van der Waals surface area contributed by atoms with Crippen molar-refractivity contribution < 1.29 is 13.2 Å². The van der Waals surface area contributed by atoms with Crippen LogP contribution in [0, 0.1) is 19.8 Å². The van der Waals surface area contributed by atoms with Gasteiger partial charge < -0.3 is 5.32 Å². The molecule has 5 nitrogen and oxygen atoms in total. The summed E-state index contributed by atoms with van der Waals surface area (Å²) in [6.07, 6.45) is 0. The quantitative estimate of drug-likeness (QED) is 0.796. The zero-order valence-corrected chi connectivity index (χ0v) is 15.9. The molecule has 7 heteroatoms. The first kappa shape index (κ1) is 19.3. The lowest BCUT2D eigenvalue weighted by molar-refractivity contribution is -0.118. The van der Waals surface area contributed by atoms with Gasteiger partial charge in [-0.15, -0.1) is 0 Å². The maximum Gasteiger partial charge on any atom is 0.233 e. The van der Waals surface area contributed by atoms with E-state index in [9.17, 15) is 13.2 Å². The van der Waals surface area contributed by atoms with E-state index in [0.717, 1.165) is 11.1 Å². The summed E-state index contributed by atoms with van der Waals surface area (Å²) >= 11 is 6.03. The van der Waals surface area contributed by atoms with E-state index in [-0.39, 0.29) is 11.7 Å². The second-order valence-corrected chi connectivity index (χ2v) is 8.28. The standard InChI is InChI=1S/C18H21ClN2O3S/c1-12-4-7-15(8-5-12)21-25(23,24)11-14(3)18(22)20-16-9-6-13(2)17(19)10-16/h4-10,14,21H,11H2,1-3H3,(H,20,22). The van der Waals surface area contributed by atoms with E-state index >= 15 is 0 Å². The molecule has 0 aliphatic carbocycles. The average molecular weight is 381 g/mol. The molecule has 25 heavy (non-hydrogen) atoms. The topological polar surface area (TPSA) is 75.3 Å². The Hall–Kier alpha value is -2.05. The second-order valence-electron chi connectivity index (χ2n) is 6.10. The predicted molar refractivity (Wildman–Crippen MR) is 103 cm³/mol. The lowest BCUT2D eigenvalue weighted by Gasteiger charge is -2.14. The van der Waals surface area contributed by atoms with Crippen molar-refractivity contribution in [2.75, 3.05) is 15.8 Å². The SMILES string of the molecule is Cc1ccc(NS(=O)(=O)CC(C)C(=O)Nc2ccc(C)c(Cl)c2)cc1. The van der Waals surface area contributed by atoms with Crippen LogP contribution in [0.5, 0.6) is 0 Å². The summed E-state index contributed by atoms with van der Waals surface area (Å²) in [4.78, 5) is 12.2. The summed E-state index contributed by atoms with van der Waals surface area (Å²) in [5.41, 5.74) is 2.95. The molecule has 134 valence electrons. The minimum atomic E-state index is -3.64. The number of sulfonamides is 1. The van der Waals surface area contributed by atoms with Gasteiger partial charge in [-0.2, -0.15) is 0 Å². The lowest BCUT2D eigenvalue weighted by atomic mass is 10.2. The van der Waals surface area contributed by atoms with Crippen LogP contribution in [0.3, 0.4) is 0 Å². The van der Waals surface area contributed by atoms with Gasteiger partial charge in [0.25, 0.3) is 0 Å². The highest BCUT2D eigenvalue weighted by Gasteiger charge is 2.22. The highest BCUT2D eigenvalue weighted by Crippen LogP contribution is 2.20. The third-order valence-electron chi connectivity index (χ3n) is 3.68. The Labute approximate surface area is 153 Å². The van der Waals surface area contributed by atoms with Crippen LogP contribution in [-0.2, 0) is 14.8 Å². The first-order chi connectivity index (χ1) is 11.7. The summed E-state index contributed by atoms with van der Waals surface area (Å²) in [6.45, 7) is 5.35. The number of hydrogen-bond donors (Lipinski definition) is 2. The molecular formula is C18H21ClN2O3S. The third kappa shape index (κ3) is 5.76. The Kier molecular flexibility index (Phi) is 6.08. The molecule has 0 radical (unpaired) electrons. The van der Waals surface area contributed by atoms with E-state index in [1.807, 2.05) is 26.0 Å². The van der Waals surface area contributed by atoms with Crippen molar-refractivity contribution in [3.63, 3.8) is 0 Å². The van der Waals surface area contributed by atoms with Crippen LogP contribution in [0.1, 0.15) is 18.1 Å². The van der Waals surface area contributed by atoms with Crippen LogP contribution in [0.2, 0.25) is 5.02 Å². The first-order valence-corrected chi connectivity index (χ1v) is 9.83. The highest BCUT2D eigenvalue weighted by molar-refractivity contribution is 7.92. The maximum absolute atomic E-state index is 12.2. The highest BCUT2D eigenvalue weighted by atomic mass is 35.5. The van der Waals surface area contributed by atoms with Gasteiger partial charge in [-0.25, -0.2) is 8.42 Å². The largest absolute Gasteiger partial charge is 0.326 e. The fourth-order valence-corrected chi connectivity index (χ4v) is 3.75. The van der Waals surface area contributed by atoms with Crippen molar-refractivity contribution >= 4 is 38.9 Å². The van der Waals surface area contributed by atoms with Crippen LogP contribution in [0.25, 0.3) is 0 Å². The average Bonchev–Trinajstić information content (AvgIpc) is 2.52. The van der Waals surface area contributed by atoms with Crippen molar-refractivity contribution in [1.29, 1.82) is 0 Å². The molecule has 0 aliphatic rings. The van der Waals surface area contributed by atoms with Crippen molar-refractivity contribution in [3.8, 4) is 0 Å². The zero-order valence-electron chi connectivity index (χ0n) is 14.3. The molecule has 0 saturated carbocycles. The summed E-state index contributed by atoms with van der Waals surface area (Å²) in [7, 11) is -3.64. The molecule has 2 rings (SSSR count). The molecule has 1 amide bonds.